The summed E-state index contributed by atoms with van der Waals surface area (Å²) >= 11 is 4.60. The molecular weight excluding hydrogens is 235 g/mol. The normalized spacial score (nSPS) is 24.9. The summed E-state index contributed by atoms with van der Waals surface area (Å²) in [5, 5.41) is 8.89. The Morgan fingerprint density at radius 1 is 1.69 bits per heavy atom. The summed E-state index contributed by atoms with van der Waals surface area (Å²) in [7, 11) is 0. The van der Waals surface area contributed by atoms with Gasteiger partial charge in [-0.05, 0) is 12.8 Å². The zero-order valence-corrected chi connectivity index (χ0v) is 9.17. The molecule has 5 nitrogen and oxygen atoms in total. The minimum atomic E-state index is -0.661. The summed E-state index contributed by atoms with van der Waals surface area (Å²) in [6, 6.07) is 0. The molecule has 1 aromatic heterocycles. The summed E-state index contributed by atoms with van der Waals surface area (Å²) in [6.07, 6.45) is 1.42. The van der Waals surface area contributed by atoms with Crippen LogP contribution in [0.2, 0.25) is 0 Å². The Labute approximate surface area is 95.5 Å². The smallest absolute Gasteiger partial charge is 0.328 e. The van der Waals surface area contributed by atoms with Gasteiger partial charge in [0.05, 0.1) is 18.9 Å². The Morgan fingerprint density at radius 3 is 3.06 bits per heavy atom. The number of ether oxygens (including phenoxy) is 1. The summed E-state index contributed by atoms with van der Waals surface area (Å²) in [5.41, 5.74) is -0.505. The molecule has 0 amide bonds. The Bertz CT molecular complexity index is 498. The van der Waals surface area contributed by atoms with Crippen LogP contribution in [0.5, 0.6) is 0 Å². The highest BCUT2D eigenvalue weighted by molar-refractivity contribution is 7.71. The van der Waals surface area contributed by atoms with Gasteiger partial charge in [0.2, 0.25) is 0 Å². The second-order valence-corrected chi connectivity index (χ2v) is 4.02. The van der Waals surface area contributed by atoms with E-state index in [4.69, 9.17) is 9.84 Å². The molecule has 0 saturated carbocycles. The highest BCUT2D eigenvalue weighted by Crippen LogP contribution is 2.26. The van der Waals surface area contributed by atoms with Crippen LogP contribution in [0.1, 0.15) is 19.1 Å². The minimum absolute atomic E-state index is 0.101. The molecule has 1 aliphatic heterocycles. The Kier molecular flexibility index (Phi) is 3.17. The van der Waals surface area contributed by atoms with E-state index in [0.29, 0.717) is 12.8 Å². The summed E-state index contributed by atoms with van der Waals surface area (Å²) in [5.74, 6) is -0.661. The van der Waals surface area contributed by atoms with Crippen molar-refractivity contribution < 1.29 is 14.2 Å². The molecule has 0 spiro atoms. The summed E-state index contributed by atoms with van der Waals surface area (Å²) in [4.78, 5) is 13.7. The minimum Gasteiger partial charge on any atom is -0.394 e. The molecule has 88 valence electrons. The maximum Gasteiger partial charge on any atom is 0.328 e. The lowest BCUT2D eigenvalue weighted by Gasteiger charge is -2.14. The van der Waals surface area contributed by atoms with Crippen LogP contribution in [0.25, 0.3) is 0 Å². The van der Waals surface area contributed by atoms with Gasteiger partial charge in [-0.15, -0.1) is 0 Å². The fourth-order valence-electron chi connectivity index (χ4n) is 1.70. The Hall–Kier alpha value is -1.05. The maximum atomic E-state index is 13.2. The highest BCUT2D eigenvalue weighted by Gasteiger charge is 2.26. The third kappa shape index (κ3) is 2.06. The van der Waals surface area contributed by atoms with E-state index in [1.165, 1.54) is 0 Å². The van der Waals surface area contributed by atoms with E-state index in [-0.39, 0.29) is 17.4 Å². The number of halogens is 1. The lowest BCUT2D eigenvalue weighted by Crippen LogP contribution is -2.28. The van der Waals surface area contributed by atoms with Gasteiger partial charge < -0.3 is 9.84 Å². The van der Waals surface area contributed by atoms with Crippen molar-refractivity contribution in [2.24, 2.45) is 0 Å². The molecule has 1 saturated heterocycles. The van der Waals surface area contributed by atoms with E-state index in [1.54, 1.807) is 0 Å². The first-order chi connectivity index (χ1) is 7.61. The van der Waals surface area contributed by atoms with E-state index in [0.717, 1.165) is 10.8 Å². The van der Waals surface area contributed by atoms with Gasteiger partial charge in [0, 0.05) is 0 Å². The van der Waals surface area contributed by atoms with Crippen LogP contribution in [0, 0.1) is 10.5 Å². The predicted molar refractivity (Wildman–Crippen MR) is 56.1 cm³/mol. The van der Waals surface area contributed by atoms with Gasteiger partial charge in [-0.2, -0.15) is 0 Å². The number of hydrogen-bond acceptors (Lipinski definition) is 4. The number of aromatic nitrogens is 2. The molecule has 0 aliphatic carbocycles. The van der Waals surface area contributed by atoms with E-state index in [1.807, 2.05) is 0 Å². The van der Waals surface area contributed by atoms with Crippen molar-refractivity contribution in [3.05, 3.63) is 27.1 Å². The Morgan fingerprint density at radius 2 is 2.44 bits per heavy atom. The molecule has 2 rings (SSSR count). The van der Waals surface area contributed by atoms with Crippen LogP contribution in [-0.2, 0) is 4.74 Å². The maximum absolute atomic E-state index is 13.2. The molecule has 0 bridgehead atoms. The fourth-order valence-corrected chi connectivity index (χ4v) is 1.84. The first-order valence-corrected chi connectivity index (χ1v) is 5.30. The lowest BCUT2D eigenvalue weighted by atomic mass is 10.2. The van der Waals surface area contributed by atoms with E-state index in [2.05, 4.69) is 17.2 Å². The highest BCUT2D eigenvalue weighted by atomic mass is 32.1. The molecule has 2 N–H and O–H groups in total. The zero-order chi connectivity index (χ0) is 11.7. The van der Waals surface area contributed by atoms with E-state index < -0.39 is 17.7 Å². The number of aromatic amines is 1. The van der Waals surface area contributed by atoms with Crippen molar-refractivity contribution in [1.82, 2.24) is 9.55 Å². The molecule has 1 aromatic rings. The zero-order valence-electron chi connectivity index (χ0n) is 8.35. The van der Waals surface area contributed by atoms with Crippen LogP contribution in [-0.4, -0.2) is 27.4 Å². The number of nitrogens with one attached hydrogen (secondary N) is 1. The molecule has 2 heterocycles. The standard InChI is InChI=1S/C9H11FN2O3S/c10-6-3-12(9(14)11-8(6)16)7-2-1-5(4-13)15-7/h3,5,7,13H,1-2,4H2,(H,11,14,16). The number of rotatable bonds is 2. The second kappa shape index (κ2) is 4.44. The van der Waals surface area contributed by atoms with Crippen molar-refractivity contribution in [3.8, 4) is 0 Å². The number of aliphatic hydroxyl groups is 1. The number of H-pyrrole nitrogens is 1. The van der Waals surface area contributed by atoms with Crippen molar-refractivity contribution >= 4 is 12.2 Å². The Balaban J connectivity index is 2.32. The van der Waals surface area contributed by atoms with Crippen LogP contribution >= 0.6 is 12.2 Å². The first-order valence-electron chi connectivity index (χ1n) is 4.89. The summed E-state index contributed by atoms with van der Waals surface area (Å²) < 4.78 is 19.5. The molecule has 0 aromatic carbocycles. The monoisotopic (exact) mass is 246 g/mol. The number of nitrogens with zero attached hydrogens (tertiary/aromatic N) is 1. The van der Waals surface area contributed by atoms with Gasteiger partial charge >= 0.3 is 5.69 Å². The van der Waals surface area contributed by atoms with Gasteiger partial charge in [-0.3, -0.25) is 9.55 Å². The van der Waals surface area contributed by atoms with Gasteiger partial charge in [0.25, 0.3) is 0 Å². The van der Waals surface area contributed by atoms with E-state index >= 15 is 0 Å². The SMILES string of the molecule is O=c1[nH]c(=S)c(F)cn1C1CCC(CO)O1. The first kappa shape index (κ1) is 11.4. The third-order valence-corrected chi connectivity index (χ3v) is 2.82. The lowest BCUT2D eigenvalue weighted by molar-refractivity contribution is -0.0250. The van der Waals surface area contributed by atoms with Gasteiger partial charge in [0.1, 0.15) is 10.9 Å². The van der Waals surface area contributed by atoms with Crippen LogP contribution in [0.15, 0.2) is 11.0 Å². The van der Waals surface area contributed by atoms with Crippen molar-refractivity contribution in [3.63, 3.8) is 0 Å². The molecule has 1 fully saturated rings. The van der Waals surface area contributed by atoms with Gasteiger partial charge in [0.15, 0.2) is 5.82 Å². The van der Waals surface area contributed by atoms with E-state index in [9.17, 15) is 9.18 Å². The molecule has 1 aliphatic rings. The molecular formula is C9H11FN2O3S. The van der Waals surface area contributed by atoms with Crippen LogP contribution in [0.4, 0.5) is 4.39 Å². The van der Waals surface area contributed by atoms with Crippen molar-refractivity contribution in [1.29, 1.82) is 0 Å². The van der Waals surface area contributed by atoms with Crippen molar-refractivity contribution in [2.45, 2.75) is 25.2 Å². The third-order valence-electron chi connectivity index (χ3n) is 2.52. The average molecular weight is 246 g/mol. The fraction of sp³-hybridized carbons (Fsp3) is 0.556. The largest absolute Gasteiger partial charge is 0.394 e. The molecule has 7 heteroatoms. The quantitative estimate of drug-likeness (QED) is 0.754. The molecule has 0 radical (unpaired) electrons. The van der Waals surface area contributed by atoms with Crippen LogP contribution < -0.4 is 5.69 Å². The van der Waals surface area contributed by atoms with Gasteiger partial charge in [-0.25, -0.2) is 9.18 Å². The average Bonchev–Trinajstić information content (AvgIpc) is 2.71. The molecule has 2 atom stereocenters. The second-order valence-electron chi connectivity index (χ2n) is 3.62. The van der Waals surface area contributed by atoms with Crippen molar-refractivity contribution in [2.75, 3.05) is 6.61 Å². The summed E-state index contributed by atoms with van der Waals surface area (Å²) in [6.45, 7) is -0.101. The topological polar surface area (TPSA) is 67.2 Å². The molecule has 2 unspecified atom stereocenters. The number of hydrogen-bond donors (Lipinski definition) is 2. The van der Waals surface area contributed by atoms with Gasteiger partial charge in [-0.1, -0.05) is 12.2 Å². The van der Waals surface area contributed by atoms with Crippen LogP contribution in [0.3, 0.4) is 0 Å². The predicted octanol–water partition coefficient (Wildman–Crippen LogP) is 0.715. The molecule has 16 heavy (non-hydrogen) atoms. The number of aliphatic hydroxyl groups excluding tert-OH is 1.